The highest BCUT2D eigenvalue weighted by Gasteiger charge is 2.55. The van der Waals surface area contributed by atoms with Gasteiger partial charge in [-0.15, -0.1) is 0 Å². The van der Waals surface area contributed by atoms with Crippen LogP contribution in [0, 0.1) is 11.8 Å². The standard InChI is InChI=1S/C13H14N2O4/c16-12(15-7-2-1-5-14-6-7)10-8-3-4-9(19-8)11(10)13(17)18/h1-2,5-6,8-11H,3-4H2,(H,15,16)(H,17,18)/t8-,9+,10-,11+/m1/s1. The molecule has 19 heavy (non-hydrogen) atoms. The Morgan fingerprint density at radius 3 is 2.68 bits per heavy atom. The van der Waals surface area contributed by atoms with Crippen LogP contribution in [-0.4, -0.2) is 34.2 Å². The monoisotopic (exact) mass is 262 g/mol. The number of hydrogen-bond donors (Lipinski definition) is 2. The predicted octanol–water partition coefficient (Wildman–Crippen LogP) is 0.898. The van der Waals surface area contributed by atoms with Gasteiger partial charge in [0.25, 0.3) is 0 Å². The van der Waals surface area contributed by atoms with Gasteiger partial charge in [0.1, 0.15) is 0 Å². The zero-order valence-corrected chi connectivity index (χ0v) is 10.2. The fraction of sp³-hybridized carbons (Fsp3) is 0.462. The van der Waals surface area contributed by atoms with Gasteiger partial charge >= 0.3 is 5.97 Å². The molecular formula is C13H14N2O4. The molecule has 6 nitrogen and oxygen atoms in total. The minimum Gasteiger partial charge on any atom is -0.481 e. The summed E-state index contributed by atoms with van der Waals surface area (Å²) < 4.78 is 5.56. The van der Waals surface area contributed by atoms with Gasteiger partial charge in [0.15, 0.2) is 0 Å². The first kappa shape index (κ1) is 12.1. The van der Waals surface area contributed by atoms with E-state index in [1.807, 2.05) is 0 Å². The van der Waals surface area contributed by atoms with Crippen molar-refractivity contribution in [3.05, 3.63) is 24.5 Å². The molecule has 6 heteroatoms. The lowest BCUT2D eigenvalue weighted by atomic mass is 9.78. The number of carbonyl (C=O) groups excluding carboxylic acids is 1. The van der Waals surface area contributed by atoms with Crippen LogP contribution in [0.25, 0.3) is 0 Å². The third kappa shape index (κ3) is 2.08. The Labute approximate surface area is 109 Å². The highest BCUT2D eigenvalue weighted by molar-refractivity contribution is 5.96. The van der Waals surface area contributed by atoms with Gasteiger partial charge in [0.05, 0.1) is 35.9 Å². The molecule has 2 N–H and O–H groups in total. The Morgan fingerprint density at radius 2 is 2.05 bits per heavy atom. The molecule has 2 bridgehead atoms. The number of rotatable bonds is 3. The van der Waals surface area contributed by atoms with Gasteiger partial charge in [-0.25, -0.2) is 0 Å². The van der Waals surface area contributed by atoms with E-state index in [0.717, 1.165) is 12.8 Å². The summed E-state index contributed by atoms with van der Waals surface area (Å²) in [4.78, 5) is 27.4. The number of nitrogens with zero attached hydrogens (tertiary/aromatic N) is 1. The van der Waals surface area contributed by atoms with Crippen LogP contribution in [0.3, 0.4) is 0 Å². The van der Waals surface area contributed by atoms with E-state index in [0.29, 0.717) is 5.69 Å². The second-order valence-electron chi connectivity index (χ2n) is 4.91. The minimum absolute atomic E-state index is 0.275. The molecule has 0 spiro atoms. The molecule has 3 heterocycles. The molecule has 0 unspecified atom stereocenters. The molecule has 3 rings (SSSR count). The third-order valence-corrected chi connectivity index (χ3v) is 3.79. The number of amides is 1. The maximum absolute atomic E-state index is 12.2. The van der Waals surface area contributed by atoms with Gasteiger partial charge < -0.3 is 15.2 Å². The van der Waals surface area contributed by atoms with Crippen molar-refractivity contribution in [2.24, 2.45) is 11.8 Å². The molecule has 2 fully saturated rings. The van der Waals surface area contributed by atoms with E-state index in [-0.39, 0.29) is 18.1 Å². The number of hydrogen-bond acceptors (Lipinski definition) is 4. The van der Waals surface area contributed by atoms with Crippen molar-refractivity contribution in [3.63, 3.8) is 0 Å². The normalized spacial score (nSPS) is 32.2. The highest BCUT2D eigenvalue weighted by Crippen LogP contribution is 2.44. The Balaban J connectivity index is 1.77. The number of aromatic nitrogens is 1. The topological polar surface area (TPSA) is 88.5 Å². The lowest BCUT2D eigenvalue weighted by Gasteiger charge is -2.23. The van der Waals surface area contributed by atoms with E-state index in [1.165, 1.54) is 6.20 Å². The van der Waals surface area contributed by atoms with Crippen LogP contribution in [0.15, 0.2) is 24.5 Å². The number of carbonyl (C=O) groups is 2. The molecule has 100 valence electrons. The zero-order chi connectivity index (χ0) is 13.4. The van der Waals surface area contributed by atoms with E-state index in [1.54, 1.807) is 18.3 Å². The second-order valence-corrected chi connectivity index (χ2v) is 4.91. The van der Waals surface area contributed by atoms with Crippen molar-refractivity contribution in [1.82, 2.24) is 4.98 Å². The minimum atomic E-state index is -0.960. The van der Waals surface area contributed by atoms with Gasteiger partial charge in [-0.1, -0.05) is 0 Å². The summed E-state index contributed by atoms with van der Waals surface area (Å²) >= 11 is 0. The van der Waals surface area contributed by atoms with Gasteiger partial charge in [-0.3, -0.25) is 14.6 Å². The number of pyridine rings is 1. The fourth-order valence-corrected chi connectivity index (χ4v) is 2.99. The summed E-state index contributed by atoms with van der Waals surface area (Å²) in [6, 6.07) is 3.43. The first-order chi connectivity index (χ1) is 9.16. The van der Waals surface area contributed by atoms with Crippen molar-refractivity contribution in [2.45, 2.75) is 25.0 Å². The van der Waals surface area contributed by atoms with Crippen molar-refractivity contribution in [1.29, 1.82) is 0 Å². The van der Waals surface area contributed by atoms with Gasteiger partial charge in [0, 0.05) is 6.20 Å². The lowest BCUT2D eigenvalue weighted by Crippen LogP contribution is -2.40. The molecule has 1 amide bonds. The quantitative estimate of drug-likeness (QED) is 0.844. The molecule has 2 saturated heterocycles. The van der Waals surface area contributed by atoms with E-state index in [2.05, 4.69) is 10.3 Å². The average Bonchev–Trinajstić information content (AvgIpc) is 2.99. The van der Waals surface area contributed by atoms with Crippen molar-refractivity contribution >= 4 is 17.6 Å². The summed E-state index contributed by atoms with van der Waals surface area (Å²) in [7, 11) is 0. The summed E-state index contributed by atoms with van der Waals surface area (Å²) in [5.41, 5.74) is 0.569. The van der Waals surface area contributed by atoms with E-state index in [9.17, 15) is 14.7 Å². The van der Waals surface area contributed by atoms with E-state index < -0.39 is 17.8 Å². The molecule has 2 aliphatic heterocycles. The predicted molar refractivity (Wildman–Crippen MR) is 65.4 cm³/mol. The van der Waals surface area contributed by atoms with Crippen molar-refractivity contribution < 1.29 is 19.4 Å². The first-order valence-corrected chi connectivity index (χ1v) is 6.26. The molecule has 1 aromatic rings. The number of ether oxygens (including phenoxy) is 1. The molecule has 0 aliphatic carbocycles. The van der Waals surface area contributed by atoms with Gasteiger partial charge in [-0.05, 0) is 25.0 Å². The maximum atomic E-state index is 12.2. The Bertz CT molecular complexity index is 505. The van der Waals surface area contributed by atoms with Crippen LogP contribution < -0.4 is 5.32 Å². The van der Waals surface area contributed by atoms with Crippen LogP contribution in [-0.2, 0) is 14.3 Å². The smallest absolute Gasteiger partial charge is 0.310 e. The van der Waals surface area contributed by atoms with E-state index >= 15 is 0 Å². The maximum Gasteiger partial charge on any atom is 0.310 e. The fourth-order valence-electron chi connectivity index (χ4n) is 2.99. The summed E-state index contributed by atoms with van der Waals surface area (Å²) in [5, 5.41) is 12.0. The number of anilines is 1. The SMILES string of the molecule is O=C(O)[C@@H]1[C@H](C(=O)Nc2cccnc2)[C@H]2CC[C@@H]1O2. The van der Waals surface area contributed by atoms with Crippen LogP contribution in [0.5, 0.6) is 0 Å². The summed E-state index contributed by atoms with van der Waals surface area (Å²) in [6.07, 6.45) is 4.01. The van der Waals surface area contributed by atoms with Gasteiger partial charge in [0.2, 0.25) is 5.91 Å². The van der Waals surface area contributed by atoms with Crippen LogP contribution in [0.4, 0.5) is 5.69 Å². The second kappa shape index (κ2) is 4.62. The van der Waals surface area contributed by atoms with Crippen molar-refractivity contribution in [2.75, 3.05) is 5.32 Å². The number of fused-ring (bicyclic) bond motifs is 2. The Kier molecular flexibility index (Phi) is 2.94. The Hall–Kier alpha value is -1.95. The van der Waals surface area contributed by atoms with E-state index in [4.69, 9.17) is 4.74 Å². The third-order valence-electron chi connectivity index (χ3n) is 3.79. The number of nitrogens with one attached hydrogen (secondary N) is 1. The summed E-state index contributed by atoms with van der Waals surface area (Å²) in [5.74, 6) is -2.61. The van der Waals surface area contributed by atoms with Crippen LogP contribution in [0.1, 0.15) is 12.8 Å². The zero-order valence-electron chi connectivity index (χ0n) is 10.2. The number of carboxylic acids is 1. The number of aliphatic carboxylic acids is 1. The first-order valence-electron chi connectivity index (χ1n) is 6.26. The highest BCUT2D eigenvalue weighted by atomic mass is 16.5. The molecule has 0 radical (unpaired) electrons. The molecule has 0 aromatic carbocycles. The van der Waals surface area contributed by atoms with Crippen LogP contribution >= 0.6 is 0 Å². The average molecular weight is 262 g/mol. The molecule has 0 saturated carbocycles. The largest absolute Gasteiger partial charge is 0.481 e. The molecule has 1 aromatic heterocycles. The number of carboxylic acid groups (broad SMARTS) is 1. The molecular weight excluding hydrogens is 248 g/mol. The van der Waals surface area contributed by atoms with Crippen LogP contribution in [0.2, 0.25) is 0 Å². The summed E-state index contributed by atoms with van der Waals surface area (Å²) in [6.45, 7) is 0. The van der Waals surface area contributed by atoms with Gasteiger partial charge in [-0.2, -0.15) is 0 Å². The van der Waals surface area contributed by atoms with Crippen molar-refractivity contribution in [3.8, 4) is 0 Å². The molecule has 4 atom stereocenters. The Morgan fingerprint density at radius 1 is 1.32 bits per heavy atom. The lowest BCUT2D eigenvalue weighted by molar-refractivity contribution is -0.147. The molecule has 2 aliphatic rings.